The van der Waals surface area contributed by atoms with Crippen LogP contribution < -0.4 is 5.32 Å². The molecule has 0 spiro atoms. The van der Waals surface area contributed by atoms with Crippen molar-refractivity contribution in [3.8, 4) is 0 Å². The number of hydrogen-bond acceptors (Lipinski definition) is 3. The molecular weight excluding hydrogens is 336 g/mol. The fourth-order valence-corrected chi connectivity index (χ4v) is 4.11. The lowest BCUT2D eigenvalue weighted by Crippen LogP contribution is -2.09. The van der Waals surface area contributed by atoms with Gasteiger partial charge in [0.15, 0.2) is 5.13 Å². The Labute approximate surface area is 161 Å². The van der Waals surface area contributed by atoms with Crippen molar-refractivity contribution >= 4 is 16.5 Å². The predicted octanol–water partition coefficient (Wildman–Crippen LogP) is 6.29. The quantitative estimate of drug-likeness (QED) is 0.482. The van der Waals surface area contributed by atoms with E-state index < -0.39 is 0 Å². The Balaban J connectivity index is 1.69. The van der Waals surface area contributed by atoms with E-state index >= 15 is 0 Å². The second-order valence-corrected chi connectivity index (χ2v) is 7.93. The number of nitrogens with one attached hydrogen (secondary N) is 1. The summed E-state index contributed by atoms with van der Waals surface area (Å²) < 4.78 is 0. The summed E-state index contributed by atoms with van der Waals surface area (Å²) >= 11 is 1.82. The number of aromatic nitrogens is 1. The number of thiazole rings is 1. The minimum atomic E-state index is 0.469. The number of benzene rings is 2. The molecule has 1 atom stereocenters. The van der Waals surface area contributed by atoms with Gasteiger partial charge in [0.05, 0.1) is 5.69 Å². The fraction of sp³-hybridized carbons (Fsp3) is 0.348. The highest BCUT2D eigenvalue weighted by Gasteiger charge is 2.13. The molecule has 0 saturated heterocycles. The standard InChI is InChI=1S/C23H28N2S/c1-3-4-15-21-22(16-19-11-7-5-8-12-19)26-23(25-21)24-17-18(2)20-13-9-6-10-14-20/h5-14,18H,3-4,15-17H2,1-2H3,(H,24,25). The molecule has 3 rings (SSSR count). The van der Waals surface area contributed by atoms with Crippen LogP contribution in [0.25, 0.3) is 0 Å². The van der Waals surface area contributed by atoms with Crippen molar-refractivity contribution < 1.29 is 0 Å². The van der Waals surface area contributed by atoms with Crippen molar-refractivity contribution in [2.24, 2.45) is 0 Å². The van der Waals surface area contributed by atoms with Gasteiger partial charge in [-0.1, -0.05) is 80.9 Å². The Hall–Kier alpha value is -2.13. The molecular formula is C23H28N2S. The third-order valence-corrected chi connectivity index (χ3v) is 5.74. The van der Waals surface area contributed by atoms with Gasteiger partial charge in [0, 0.05) is 17.8 Å². The molecule has 136 valence electrons. The van der Waals surface area contributed by atoms with Crippen molar-refractivity contribution in [3.05, 3.63) is 82.4 Å². The Morgan fingerprint density at radius 2 is 1.69 bits per heavy atom. The summed E-state index contributed by atoms with van der Waals surface area (Å²) in [7, 11) is 0. The fourth-order valence-electron chi connectivity index (χ4n) is 3.06. The molecule has 2 aromatic carbocycles. The average Bonchev–Trinajstić information content (AvgIpc) is 3.07. The highest BCUT2D eigenvalue weighted by Crippen LogP contribution is 2.28. The summed E-state index contributed by atoms with van der Waals surface area (Å²) in [6.45, 7) is 5.41. The molecule has 0 fully saturated rings. The monoisotopic (exact) mass is 364 g/mol. The number of aryl methyl sites for hydroxylation is 1. The van der Waals surface area contributed by atoms with E-state index in [4.69, 9.17) is 4.98 Å². The maximum absolute atomic E-state index is 4.92. The summed E-state index contributed by atoms with van der Waals surface area (Å²) in [5.41, 5.74) is 4.00. The number of hydrogen-bond donors (Lipinski definition) is 1. The first-order valence-electron chi connectivity index (χ1n) is 9.57. The lowest BCUT2D eigenvalue weighted by Gasteiger charge is -2.12. The molecule has 0 amide bonds. The van der Waals surface area contributed by atoms with E-state index in [1.54, 1.807) is 0 Å². The normalized spacial score (nSPS) is 12.1. The first-order chi connectivity index (χ1) is 12.8. The molecule has 0 aliphatic heterocycles. The largest absolute Gasteiger partial charge is 0.361 e. The van der Waals surface area contributed by atoms with E-state index in [1.165, 1.54) is 34.5 Å². The molecule has 2 nitrogen and oxygen atoms in total. The van der Waals surface area contributed by atoms with Crippen LogP contribution in [0.15, 0.2) is 60.7 Å². The van der Waals surface area contributed by atoms with Crippen molar-refractivity contribution in [2.45, 2.75) is 45.4 Å². The van der Waals surface area contributed by atoms with Crippen LogP contribution in [-0.2, 0) is 12.8 Å². The number of rotatable bonds is 9. The van der Waals surface area contributed by atoms with E-state index in [0.29, 0.717) is 5.92 Å². The molecule has 3 heteroatoms. The smallest absolute Gasteiger partial charge is 0.183 e. The Morgan fingerprint density at radius 3 is 2.38 bits per heavy atom. The van der Waals surface area contributed by atoms with Crippen LogP contribution in [0.4, 0.5) is 5.13 Å². The van der Waals surface area contributed by atoms with Crippen molar-refractivity contribution in [1.82, 2.24) is 4.98 Å². The summed E-state index contributed by atoms with van der Waals surface area (Å²) in [6, 6.07) is 21.4. The highest BCUT2D eigenvalue weighted by molar-refractivity contribution is 7.15. The predicted molar refractivity (Wildman–Crippen MR) is 113 cm³/mol. The molecule has 0 radical (unpaired) electrons. The van der Waals surface area contributed by atoms with Crippen LogP contribution in [0.3, 0.4) is 0 Å². The van der Waals surface area contributed by atoms with E-state index in [9.17, 15) is 0 Å². The SMILES string of the molecule is CCCCc1nc(NCC(C)c2ccccc2)sc1Cc1ccccc1. The number of anilines is 1. The van der Waals surface area contributed by atoms with Crippen LogP contribution in [0.5, 0.6) is 0 Å². The maximum Gasteiger partial charge on any atom is 0.183 e. The minimum absolute atomic E-state index is 0.469. The third-order valence-electron chi connectivity index (χ3n) is 4.68. The maximum atomic E-state index is 4.92. The zero-order chi connectivity index (χ0) is 18.2. The van der Waals surface area contributed by atoms with Crippen molar-refractivity contribution in [2.75, 3.05) is 11.9 Å². The second kappa shape index (κ2) is 9.54. The minimum Gasteiger partial charge on any atom is -0.361 e. The van der Waals surface area contributed by atoms with Gasteiger partial charge < -0.3 is 5.32 Å². The van der Waals surface area contributed by atoms with Crippen molar-refractivity contribution in [3.63, 3.8) is 0 Å². The molecule has 1 unspecified atom stereocenters. The van der Waals surface area contributed by atoms with E-state index in [2.05, 4.69) is 79.8 Å². The zero-order valence-electron chi connectivity index (χ0n) is 15.7. The summed E-state index contributed by atoms with van der Waals surface area (Å²) in [6.07, 6.45) is 4.46. The summed E-state index contributed by atoms with van der Waals surface area (Å²) in [5, 5.41) is 4.63. The highest BCUT2D eigenvalue weighted by atomic mass is 32.1. The molecule has 0 saturated carbocycles. The summed E-state index contributed by atoms with van der Waals surface area (Å²) in [5.74, 6) is 0.469. The van der Waals surface area contributed by atoms with E-state index in [1.807, 2.05) is 11.3 Å². The van der Waals surface area contributed by atoms with Crippen LogP contribution in [-0.4, -0.2) is 11.5 Å². The zero-order valence-corrected chi connectivity index (χ0v) is 16.6. The lowest BCUT2D eigenvalue weighted by atomic mass is 10.0. The first-order valence-corrected chi connectivity index (χ1v) is 10.4. The molecule has 26 heavy (non-hydrogen) atoms. The second-order valence-electron chi connectivity index (χ2n) is 6.85. The van der Waals surface area contributed by atoms with Gasteiger partial charge in [0.2, 0.25) is 0 Å². The third kappa shape index (κ3) is 5.18. The van der Waals surface area contributed by atoms with Gasteiger partial charge in [-0.05, 0) is 29.9 Å². The number of nitrogens with zero attached hydrogens (tertiary/aromatic N) is 1. The molecule has 0 aliphatic rings. The molecule has 1 aromatic heterocycles. The van der Waals surface area contributed by atoms with Gasteiger partial charge in [-0.15, -0.1) is 11.3 Å². The topological polar surface area (TPSA) is 24.9 Å². The average molecular weight is 365 g/mol. The van der Waals surface area contributed by atoms with Crippen LogP contribution in [0, 0.1) is 0 Å². The van der Waals surface area contributed by atoms with Gasteiger partial charge in [-0.3, -0.25) is 0 Å². The Bertz CT molecular complexity index is 780. The van der Waals surface area contributed by atoms with Gasteiger partial charge in [0.25, 0.3) is 0 Å². The lowest BCUT2D eigenvalue weighted by molar-refractivity contribution is 0.772. The Kier molecular flexibility index (Phi) is 6.84. The molecule has 1 heterocycles. The molecule has 3 aromatic rings. The molecule has 0 aliphatic carbocycles. The first kappa shape index (κ1) is 18.7. The number of unbranched alkanes of at least 4 members (excludes halogenated alkanes) is 1. The molecule has 0 bridgehead atoms. The van der Waals surface area contributed by atoms with Gasteiger partial charge in [-0.25, -0.2) is 4.98 Å². The van der Waals surface area contributed by atoms with Gasteiger partial charge >= 0.3 is 0 Å². The van der Waals surface area contributed by atoms with Crippen LogP contribution in [0.2, 0.25) is 0 Å². The van der Waals surface area contributed by atoms with E-state index in [-0.39, 0.29) is 0 Å². The van der Waals surface area contributed by atoms with Crippen LogP contribution in [0.1, 0.15) is 54.3 Å². The van der Waals surface area contributed by atoms with Crippen molar-refractivity contribution in [1.29, 1.82) is 0 Å². The summed E-state index contributed by atoms with van der Waals surface area (Å²) in [4.78, 5) is 6.32. The van der Waals surface area contributed by atoms with Gasteiger partial charge in [-0.2, -0.15) is 0 Å². The van der Waals surface area contributed by atoms with Crippen LogP contribution >= 0.6 is 11.3 Å². The van der Waals surface area contributed by atoms with E-state index in [0.717, 1.165) is 24.5 Å². The van der Waals surface area contributed by atoms with Gasteiger partial charge in [0.1, 0.15) is 0 Å². The molecule has 1 N–H and O–H groups in total. The Morgan fingerprint density at radius 1 is 1.00 bits per heavy atom.